The van der Waals surface area contributed by atoms with E-state index in [4.69, 9.17) is 15.1 Å². The number of hydrogen-bond donors (Lipinski definition) is 0. The average Bonchev–Trinajstić information content (AvgIpc) is 3.48. The monoisotopic (exact) mass is 430 g/mol. The third kappa shape index (κ3) is 3.32. The van der Waals surface area contributed by atoms with Gasteiger partial charge >= 0.3 is 0 Å². The topological polar surface area (TPSA) is 59.7 Å². The Morgan fingerprint density at radius 2 is 1.71 bits per heavy atom. The maximum Gasteiger partial charge on any atom is 0.194 e. The van der Waals surface area contributed by atoms with Gasteiger partial charge in [-0.05, 0) is 60.5 Å². The van der Waals surface area contributed by atoms with E-state index in [9.17, 15) is 4.39 Å². The fourth-order valence-electron chi connectivity index (χ4n) is 4.26. The van der Waals surface area contributed by atoms with Crippen LogP contribution in [0.15, 0.2) is 71.2 Å². The summed E-state index contributed by atoms with van der Waals surface area (Å²) in [5, 5.41) is 6.69. The molecule has 0 N–H and O–H groups in total. The number of nitrogens with zero attached hydrogens (tertiary/aromatic N) is 6. The minimum Gasteiger partial charge on any atom is -0.278 e. The zero-order valence-electron chi connectivity index (χ0n) is 16.6. The van der Waals surface area contributed by atoms with Gasteiger partial charge < -0.3 is 0 Å². The van der Waals surface area contributed by atoms with Crippen LogP contribution in [0.2, 0.25) is 0 Å². The van der Waals surface area contributed by atoms with Crippen molar-refractivity contribution in [3.8, 4) is 22.5 Å². The van der Waals surface area contributed by atoms with Gasteiger partial charge in [-0.15, -0.1) is 5.10 Å². The van der Waals surface area contributed by atoms with Gasteiger partial charge in [-0.3, -0.25) is 9.88 Å². The van der Waals surface area contributed by atoms with E-state index in [1.807, 2.05) is 23.0 Å². The Balaban J connectivity index is 1.47. The molecular formula is C23H19FN6S. The summed E-state index contributed by atoms with van der Waals surface area (Å²) in [5.41, 5.74) is 3.99. The fraction of sp³-hybridized carbons (Fsp3) is 0.217. The molecule has 2 aliphatic heterocycles. The molecule has 6 nitrogen and oxygen atoms in total. The molecular weight excluding hydrogens is 411 g/mol. The molecule has 1 aromatic carbocycles. The summed E-state index contributed by atoms with van der Waals surface area (Å²) in [7, 11) is 0. The minimum atomic E-state index is -0.240. The molecule has 6 rings (SSSR count). The molecule has 8 heteroatoms. The number of rotatable bonds is 3. The first-order valence-corrected chi connectivity index (χ1v) is 11.1. The minimum absolute atomic E-state index is 0.0512. The molecule has 4 aromatic rings. The summed E-state index contributed by atoms with van der Waals surface area (Å²) >= 11 is 1.54. The first-order valence-electron chi connectivity index (χ1n) is 10.3. The van der Waals surface area contributed by atoms with Crippen molar-refractivity contribution in [3.05, 3.63) is 72.4 Å². The van der Waals surface area contributed by atoms with Crippen LogP contribution in [0.3, 0.4) is 0 Å². The summed E-state index contributed by atoms with van der Waals surface area (Å²) in [6, 6.07) is 12.6. The van der Waals surface area contributed by atoms with Gasteiger partial charge in [0.2, 0.25) is 0 Å². The zero-order chi connectivity index (χ0) is 20.8. The Morgan fingerprint density at radius 1 is 0.935 bits per heavy atom. The zero-order valence-corrected chi connectivity index (χ0v) is 17.5. The summed E-state index contributed by atoms with van der Waals surface area (Å²) in [6.45, 7) is 2.03. The molecule has 0 bridgehead atoms. The normalized spacial score (nSPS) is 18.0. The van der Waals surface area contributed by atoms with Gasteiger partial charge in [0, 0.05) is 48.4 Å². The van der Waals surface area contributed by atoms with Crippen molar-refractivity contribution in [3.63, 3.8) is 0 Å². The van der Waals surface area contributed by atoms with Gasteiger partial charge in [0.15, 0.2) is 11.0 Å². The highest BCUT2D eigenvalue weighted by Gasteiger charge is 2.35. The molecule has 154 valence electrons. The van der Waals surface area contributed by atoms with Crippen LogP contribution in [0, 0.1) is 5.82 Å². The van der Waals surface area contributed by atoms with E-state index < -0.39 is 0 Å². The van der Waals surface area contributed by atoms with Crippen molar-refractivity contribution in [1.82, 2.24) is 29.6 Å². The number of likely N-dealkylation sites (tertiary alicyclic amines) is 1. The molecule has 0 spiro atoms. The largest absolute Gasteiger partial charge is 0.278 e. The Morgan fingerprint density at radius 3 is 2.48 bits per heavy atom. The van der Waals surface area contributed by atoms with Crippen LogP contribution in [0.5, 0.6) is 0 Å². The van der Waals surface area contributed by atoms with Crippen molar-refractivity contribution < 1.29 is 4.39 Å². The van der Waals surface area contributed by atoms with Crippen molar-refractivity contribution in [2.24, 2.45) is 0 Å². The van der Waals surface area contributed by atoms with Crippen molar-refractivity contribution in [2.75, 3.05) is 13.1 Å². The van der Waals surface area contributed by atoms with E-state index in [-0.39, 0.29) is 12.0 Å². The summed E-state index contributed by atoms with van der Waals surface area (Å²) in [5.74, 6) is 0.455. The van der Waals surface area contributed by atoms with Gasteiger partial charge in [-0.1, -0.05) is 12.1 Å². The molecule has 1 unspecified atom stereocenters. The van der Waals surface area contributed by atoms with E-state index in [0.29, 0.717) is 5.82 Å². The van der Waals surface area contributed by atoms with Crippen LogP contribution in [0.1, 0.15) is 24.6 Å². The highest BCUT2D eigenvalue weighted by molar-refractivity contribution is 7.99. The average molecular weight is 431 g/mol. The summed E-state index contributed by atoms with van der Waals surface area (Å²) in [6.07, 6.45) is 7.66. The maximum absolute atomic E-state index is 13.4. The number of pyridine rings is 2. The highest BCUT2D eigenvalue weighted by Crippen LogP contribution is 2.43. The lowest BCUT2D eigenvalue weighted by atomic mass is 10.0. The van der Waals surface area contributed by atoms with Gasteiger partial charge in [0.05, 0.1) is 0 Å². The van der Waals surface area contributed by atoms with Gasteiger partial charge in [0.25, 0.3) is 0 Å². The molecule has 1 saturated heterocycles. The molecule has 5 heterocycles. The first kappa shape index (κ1) is 18.7. The second-order valence-electron chi connectivity index (χ2n) is 7.74. The molecule has 0 aliphatic carbocycles. The Kier molecular flexibility index (Phi) is 4.54. The Hall–Kier alpha value is -3.10. The van der Waals surface area contributed by atoms with Crippen LogP contribution in [-0.4, -0.2) is 42.7 Å². The SMILES string of the molecule is Fc1ccc(-c2cnc3c(c2)C(N2CCCC2)n2nc(-c4ccncc4)nc2S3)cc1. The van der Waals surface area contributed by atoms with Crippen LogP contribution < -0.4 is 0 Å². The van der Waals surface area contributed by atoms with Gasteiger partial charge in [0.1, 0.15) is 17.0 Å². The van der Waals surface area contributed by atoms with Crippen LogP contribution in [0.4, 0.5) is 4.39 Å². The number of benzene rings is 1. The number of halogens is 1. The second kappa shape index (κ2) is 7.55. The van der Waals surface area contributed by atoms with Crippen molar-refractivity contribution >= 4 is 11.8 Å². The number of fused-ring (bicyclic) bond motifs is 2. The lowest BCUT2D eigenvalue weighted by molar-refractivity contribution is 0.182. The molecule has 2 aliphatic rings. The predicted molar refractivity (Wildman–Crippen MR) is 116 cm³/mol. The quantitative estimate of drug-likeness (QED) is 0.472. The van der Waals surface area contributed by atoms with E-state index in [0.717, 1.165) is 45.5 Å². The third-order valence-corrected chi connectivity index (χ3v) is 6.77. The Labute approximate surface area is 183 Å². The van der Waals surface area contributed by atoms with Crippen molar-refractivity contribution in [2.45, 2.75) is 29.2 Å². The maximum atomic E-state index is 13.4. The molecule has 31 heavy (non-hydrogen) atoms. The van der Waals surface area contributed by atoms with Crippen LogP contribution in [0.25, 0.3) is 22.5 Å². The highest BCUT2D eigenvalue weighted by atomic mass is 32.2. The molecule has 3 aromatic heterocycles. The van der Waals surface area contributed by atoms with Gasteiger partial charge in [-0.25, -0.2) is 19.0 Å². The lowest BCUT2D eigenvalue weighted by Crippen LogP contribution is -2.34. The summed E-state index contributed by atoms with van der Waals surface area (Å²) < 4.78 is 15.4. The lowest BCUT2D eigenvalue weighted by Gasteiger charge is -2.32. The first-order chi connectivity index (χ1) is 15.3. The molecule has 0 radical (unpaired) electrons. The van der Waals surface area contributed by atoms with Crippen LogP contribution in [-0.2, 0) is 0 Å². The predicted octanol–water partition coefficient (Wildman–Crippen LogP) is 4.65. The fourth-order valence-corrected chi connectivity index (χ4v) is 5.18. The van der Waals surface area contributed by atoms with Gasteiger partial charge in [-0.2, -0.15) is 0 Å². The molecule has 0 amide bonds. The van der Waals surface area contributed by atoms with E-state index >= 15 is 0 Å². The van der Waals surface area contributed by atoms with E-state index in [2.05, 4.69) is 16.0 Å². The Bertz CT molecular complexity index is 1230. The molecule has 1 fully saturated rings. The summed E-state index contributed by atoms with van der Waals surface area (Å²) in [4.78, 5) is 16.1. The molecule has 0 saturated carbocycles. The third-order valence-electron chi connectivity index (χ3n) is 5.78. The van der Waals surface area contributed by atoms with Crippen LogP contribution >= 0.6 is 11.8 Å². The van der Waals surface area contributed by atoms with Crippen molar-refractivity contribution in [1.29, 1.82) is 0 Å². The second-order valence-corrected chi connectivity index (χ2v) is 8.70. The smallest absolute Gasteiger partial charge is 0.194 e. The number of hydrogen-bond acceptors (Lipinski definition) is 6. The van der Waals surface area contributed by atoms with E-state index in [1.165, 1.54) is 25.0 Å². The van der Waals surface area contributed by atoms with E-state index in [1.54, 1.807) is 36.3 Å². The number of aromatic nitrogens is 5. The molecule has 1 atom stereocenters. The standard InChI is InChI=1S/C23H19FN6S/c24-18-5-3-15(4-6-18)17-13-19-21(26-14-17)31-23-27-20(16-7-9-25-10-8-16)28-30(23)22(19)29-11-1-2-12-29/h3-10,13-14,22H,1-2,11-12H2.